The molecule has 1 saturated carbocycles. The normalized spacial score (nSPS) is 15.2. The summed E-state index contributed by atoms with van der Waals surface area (Å²) in [4.78, 5) is 11.1. The lowest BCUT2D eigenvalue weighted by Gasteiger charge is -2.26. The minimum atomic E-state index is 0.418. The Hall–Kier alpha value is -1.89. The first kappa shape index (κ1) is 12.2. The minimum absolute atomic E-state index is 0.418. The predicted molar refractivity (Wildman–Crippen MR) is 74.7 cm³/mol. The van der Waals surface area contributed by atoms with Crippen molar-refractivity contribution in [2.24, 2.45) is 11.8 Å². The van der Waals surface area contributed by atoms with E-state index in [9.17, 15) is 0 Å². The molecule has 4 N–H and O–H groups in total. The Morgan fingerprint density at radius 2 is 2.26 bits per heavy atom. The summed E-state index contributed by atoms with van der Waals surface area (Å²) in [6.45, 7) is 5.41. The van der Waals surface area contributed by atoms with Gasteiger partial charge in [0.25, 0.3) is 0 Å². The van der Waals surface area contributed by atoms with E-state index in [0.29, 0.717) is 23.6 Å². The van der Waals surface area contributed by atoms with Crippen molar-refractivity contribution in [1.29, 1.82) is 0 Å². The number of hydrazine groups is 1. The molecule has 1 fully saturated rings. The summed E-state index contributed by atoms with van der Waals surface area (Å²) < 4.78 is 0. The molecule has 0 unspecified atom stereocenters. The lowest BCUT2D eigenvalue weighted by Crippen LogP contribution is -2.31. The zero-order valence-corrected chi connectivity index (χ0v) is 11.2. The third-order valence-corrected chi connectivity index (χ3v) is 3.24. The average molecular weight is 261 g/mol. The van der Waals surface area contributed by atoms with Crippen LogP contribution in [-0.2, 0) is 0 Å². The monoisotopic (exact) mass is 261 g/mol. The predicted octanol–water partition coefficient (Wildman–Crippen LogP) is 1.26. The van der Waals surface area contributed by atoms with Gasteiger partial charge in [0.2, 0.25) is 5.95 Å². The number of nitrogens with two attached hydrogens (primary N) is 1. The Labute approximate surface area is 111 Å². The van der Waals surface area contributed by atoms with Crippen LogP contribution in [-0.4, -0.2) is 32.8 Å². The molecule has 0 aliphatic heterocycles. The molecule has 2 aromatic heterocycles. The number of hydrogen-bond acceptors (Lipinski definition) is 6. The molecule has 2 aromatic rings. The van der Waals surface area contributed by atoms with Crippen LogP contribution in [0.2, 0.25) is 0 Å². The SMILES string of the molecule is CC(C)CN(c1nc(NN)nc2[nH]ncc12)C1CC1. The van der Waals surface area contributed by atoms with Gasteiger partial charge < -0.3 is 4.90 Å². The van der Waals surface area contributed by atoms with Crippen molar-refractivity contribution in [2.75, 3.05) is 16.9 Å². The summed E-state index contributed by atoms with van der Waals surface area (Å²) >= 11 is 0. The molecule has 0 aromatic carbocycles. The quantitative estimate of drug-likeness (QED) is 0.554. The number of rotatable bonds is 5. The topological polar surface area (TPSA) is 95.8 Å². The van der Waals surface area contributed by atoms with Gasteiger partial charge in [-0.3, -0.25) is 10.5 Å². The molecule has 0 spiro atoms. The van der Waals surface area contributed by atoms with Crippen molar-refractivity contribution in [3.8, 4) is 0 Å². The summed E-state index contributed by atoms with van der Waals surface area (Å²) in [5.41, 5.74) is 3.24. The van der Waals surface area contributed by atoms with Gasteiger partial charge in [0.15, 0.2) is 5.65 Å². The molecule has 102 valence electrons. The van der Waals surface area contributed by atoms with E-state index < -0.39 is 0 Å². The van der Waals surface area contributed by atoms with Crippen LogP contribution in [0.3, 0.4) is 0 Å². The first-order valence-corrected chi connectivity index (χ1v) is 6.63. The fourth-order valence-corrected chi connectivity index (χ4v) is 2.29. The highest BCUT2D eigenvalue weighted by Crippen LogP contribution is 2.34. The number of hydrogen-bond donors (Lipinski definition) is 3. The van der Waals surface area contributed by atoms with Crippen molar-refractivity contribution in [1.82, 2.24) is 20.2 Å². The van der Waals surface area contributed by atoms with Crippen molar-refractivity contribution < 1.29 is 0 Å². The summed E-state index contributed by atoms with van der Waals surface area (Å²) in [6.07, 6.45) is 4.23. The maximum Gasteiger partial charge on any atom is 0.241 e. The molecule has 7 nitrogen and oxygen atoms in total. The van der Waals surface area contributed by atoms with Gasteiger partial charge in [-0.1, -0.05) is 13.8 Å². The molecule has 3 rings (SSSR count). The Balaban J connectivity index is 2.07. The fourth-order valence-electron chi connectivity index (χ4n) is 2.29. The third kappa shape index (κ3) is 2.33. The van der Waals surface area contributed by atoms with E-state index >= 15 is 0 Å². The summed E-state index contributed by atoms with van der Waals surface area (Å²) in [5, 5.41) is 7.89. The van der Waals surface area contributed by atoms with Gasteiger partial charge in [0.05, 0.1) is 11.6 Å². The van der Waals surface area contributed by atoms with Crippen molar-refractivity contribution in [3.63, 3.8) is 0 Å². The number of fused-ring (bicyclic) bond motifs is 1. The van der Waals surface area contributed by atoms with E-state index in [4.69, 9.17) is 5.84 Å². The first-order valence-electron chi connectivity index (χ1n) is 6.63. The van der Waals surface area contributed by atoms with E-state index in [-0.39, 0.29) is 0 Å². The summed E-state index contributed by atoms with van der Waals surface area (Å²) in [7, 11) is 0. The smallest absolute Gasteiger partial charge is 0.241 e. The molecule has 7 heteroatoms. The molecule has 0 bridgehead atoms. The first-order chi connectivity index (χ1) is 9.19. The van der Waals surface area contributed by atoms with Gasteiger partial charge in [-0.05, 0) is 18.8 Å². The number of nitrogens with one attached hydrogen (secondary N) is 2. The highest BCUT2D eigenvalue weighted by Gasteiger charge is 2.32. The molecule has 0 saturated heterocycles. The van der Waals surface area contributed by atoms with Gasteiger partial charge >= 0.3 is 0 Å². The summed E-state index contributed by atoms with van der Waals surface area (Å²) in [5.74, 6) is 7.36. The highest BCUT2D eigenvalue weighted by atomic mass is 15.3. The molecule has 0 radical (unpaired) electrons. The van der Waals surface area contributed by atoms with Crippen LogP contribution in [0.25, 0.3) is 11.0 Å². The Morgan fingerprint density at radius 1 is 1.47 bits per heavy atom. The minimum Gasteiger partial charge on any atom is -0.353 e. The second-order valence-electron chi connectivity index (χ2n) is 5.42. The number of nitrogen functional groups attached to an aromatic ring is 1. The second-order valence-corrected chi connectivity index (χ2v) is 5.42. The largest absolute Gasteiger partial charge is 0.353 e. The van der Waals surface area contributed by atoms with Crippen LogP contribution in [0.5, 0.6) is 0 Å². The molecular formula is C12H19N7. The number of anilines is 2. The Kier molecular flexibility index (Phi) is 2.98. The van der Waals surface area contributed by atoms with Gasteiger partial charge in [0, 0.05) is 12.6 Å². The maximum absolute atomic E-state index is 5.44. The standard InChI is InChI=1S/C12H19N7/c1-7(2)6-19(8-3-4-8)11-9-5-14-18-10(9)15-12(16-11)17-13/h5,7-8H,3-4,6,13H2,1-2H3,(H2,14,15,16,17,18). The molecule has 1 aliphatic carbocycles. The molecule has 2 heterocycles. The zero-order valence-electron chi connectivity index (χ0n) is 11.2. The summed E-state index contributed by atoms with van der Waals surface area (Å²) in [6, 6.07) is 0.584. The van der Waals surface area contributed by atoms with Gasteiger partial charge in [-0.15, -0.1) is 0 Å². The van der Waals surface area contributed by atoms with Gasteiger partial charge in [-0.2, -0.15) is 15.1 Å². The Bertz CT molecular complexity index is 572. The lowest BCUT2D eigenvalue weighted by atomic mass is 10.2. The van der Waals surface area contributed by atoms with E-state index in [2.05, 4.69) is 44.3 Å². The molecule has 19 heavy (non-hydrogen) atoms. The van der Waals surface area contributed by atoms with E-state index in [1.165, 1.54) is 12.8 Å². The number of H-pyrrole nitrogens is 1. The van der Waals surface area contributed by atoms with Crippen molar-refractivity contribution in [3.05, 3.63) is 6.20 Å². The van der Waals surface area contributed by atoms with Crippen LogP contribution in [0.1, 0.15) is 26.7 Å². The van der Waals surface area contributed by atoms with Crippen LogP contribution in [0.4, 0.5) is 11.8 Å². The van der Waals surface area contributed by atoms with Crippen LogP contribution in [0, 0.1) is 5.92 Å². The average Bonchev–Trinajstić information content (AvgIpc) is 3.12. The maximum atomic E-state index is 5.44. The van der Waals surface area contributed by atoms with Crippen LogP contribution >= 0.6 is 0 Å². The van der Waals surface area contributed by atoms with Gasteiger partial charge in [-0.25, -0.2) is 5.84 Å². The zero-order chi connectivity index (χ0) is 13.4. The number of aromatic nitrogens is 4. The van der Waals surface area contributed by atoms with E-state index in [1.807, 2.05) is 0 Å². The van der Waals surface area contributed by atoms with Crippen LogP contribution < -0.4 is 16.2 Å². The highest BCUT2D eigenvalue weighted by molar-refractivity contribution is 5.87. The molecule has 0 atom stereocenters. The molecule has 1 aliphatic rings. The van der Waals surface area contributed by atoms with Crippen LogP contribution in [0.15, 0.2) is 6.20 Å². The van der Waals surface area contributed by atoms with Crippen molar-refractivity contribution >= 4 is 22.8 Å². The van der Waals surface area contributed by atoms with Crippen molar-refractivity contribution in [2.45, 2.75) is 32.7 Å². The van der Waals surface area contributed by atoms with Gasteiger partial charge in [0.1, 0.15) is 5.82 Å². The Morgan fingerprint density at radius 3 is 2.89 bits per heavy atom. The van der Waals surface area contributed by atoms with E-state index in [0.717, 1.165) is 17.7 Å². The molecule has 0 amide bonds. The third-order valence-electron chi connectivity index (χ3n) is 3.24. The number of aromatic amines is 1. The van der Waals surface area contributed by atoms with E-state index in [1.54, 1.807) is 6.20 Å². The lowest BCUT2D eigenvalue weighted by molar-refractivity contribution is 0.604. The second kappa shape index (κ2) is 4.65. The molecular weight excluding hydrogens is 242 g/mol. The number of nitrogens with zero attached hydrogens (tertiary/aromatic N) is 4. The fraction of sp³-hybridized carbons (Fsp3) is 0.583.